The van der Waals surface area contributed by atoms with E-state index in [4.69, 9.17) is 28.4 Å². The van der Waals surface area contributed by atoms with Gasteiger partial charge in [0.2, 0.25) is 5.75 Å². The highest BCUT2D eigenvalue weighted by molar-refractivity contribution is 5.95. The van der Waals surface area contributed by atoms with Gasteiger partial charge in [0.1, 0.15) is 5.56 Å². The van der Waals surface area contributed by atoms with Gasteiger partial charge >= 0.3 is 5.97 Å². The van der Waals surface area contributed by atoms with Crippen molar-refractivity contribution in [1.82, 2.24) is 5.32 Å². The summed E-state index contributed by atoms with van der Waals surface area (Å²) >= 11 is 0. The van der Waals surface area contributed by atoms with Crippen LogP contribution in [-0.2, 0) is 16.1 Å². The SMILES string of the molecule is COc1ccc(CNC(=O)COC(=O)c2ccc(OC)c(OC)c2OC)cc1OC. The molecule has 0 aromatic heterocycles. The van der Waals surface area contributed by atoms with Crippen LogP contribution in [0.4, 0.5) is 0 Å². The van der Waals surface area contributed by atoms with Crippen LogP contribution in [0.2, 0.25) is 0 Å². The number of benzene rings is 2. The molecule has 0 bridgehead atoms. The van der Waals surface area contributed by atoms with Crippen molar-refractivity contribution in [2.24, 2.45) is 0 Å². The van der Waals surface area contributed by atoms with Crippen molar-refractivity contribution in [3.63, 3.8) is 0 Å². The van der Waals surface area contributed by atoms with Crippen molar-refractivity contribution in [3.8, 4) is 28.7 Å². The van der Waals surface area contributed by atoms with Crippen molar-refractivity contribution >= 4 is 11.9 Å². The molecule has 0 heterocycles. The Balaban J connectivity index is 1.97. The highest BCUT2D eigenvalue weighted by Crippen LogP contribution is 2.39. The maximum absolute atomic E-state index is 12.4. The first-order chi connectivity index (χ1) is 14.5. The topological polar surface area (TPSA) is 102 Å². The Morgan fingerprint density at radius 1 is 0.767 bits per heavy atom. The zero-order valence-electron chi connectivity index (χ0n) is 17.6. The Morgan fingerprint density at radius 3 is 2.00 bits per heavy atom. The monoisotopic (exact) mass is 419 g/mol. The van der Waals surface area contributed by atoms with E-state index in [1.807, 2.05) is 0 Å². The molecule has 0 saturated carbocycles. The summed E-state index contributed by atoms with van der Waals surface area (Å²) in [7, 11) is 7.36. The number of methoxy groups -OCH3 is 5. The first-order valence-corrected chi connectivity index (χ1v) is 8.92. The number of nitrogens with one attached hydrogen (secondary N) is 1. The standard InChI is InChI=1S/C21H25NO8/c1-25-15-8-6-13(10-17(15)27-3)11-22-18(23)12-30-21(24)14-7-9-16(26-2)20(29-5)19(14)28-4/h6-10H,11-12H2,1-5H3,(H,22,23). The molecular weight excluding hydrogens is 394 g/mol. The van der Waals surface area contributed by atoms with E-state index in [2.05, 4.69) is 5.32 Å². The summed E-state index contributed by atoms with van der Waals surface area (Å²) in [5, 5.41) is 2.68. The second-order valence-electron chi connectivity index (χ2n) is 5.92. The van der Waals surface area contributed by atoms with E-state index in [9.17, 15) is 9.59 Å². The summed E-state index contributed by atoms with van der Waals surface area (Å²) in [5.74, 6) is 0.770. The number of hydrogen-bond acceptors (Lipinski definition) is 8. The quantitative estimate of drug-likeness (QED) is 0.585. The molecule has 0 aliphatic heterocycles. The van der Waals surface area contributed by atoms with Gasteiger partial charge in [-0.05, 0) is 29.8 Å². The second kappa shape index (κ2) is 10.8. The van der Waals surface area contributed by atoms with E-state index in [-0.39, 0.29) is 23.6 Å². The second-order valence-corrected chi connectivity index (χ2v) is 5.92. The normalized spacial score (nSPS) is 10.0. The summed E-state index contributed by atoms with van der Waals surface area (Å²) in [5.41, 5.74) is 0.914. The van der Waals surface area contributed by atoms with Crippen LogP contribution in [0.3, 0.4) is 0 Å². The largest absolute Gasteiger partial charge is 0.493 e. The predicted octanol–water partition coefficient (Wildman–Crippen LogP) is 2.20. The van der Waals surface area contributed by atoms with Gasteiger partial charge in [-0.1, -0.05) is 6.07 Å². The fourth-order valence-corrected chi connectivity index (χ4v) is 2.71. The summed E-state index contributed by atoms with van der Waals surface area (Å²) in [6.45, 7) is -0.222. The number of amides is 1. The molecule has 30 heavy (non-hydrogen) atoms. The van der Waals surface area contributed by atoms with Gasteiger partial charge in [-0.2, -0.15) is 0 Å². The lowest BCUT2D eigenvalue weighted by Gasteiger charge is -2.15. The zero-order chi connectivity index (χ0) is 22.1. The van der Waals surface area contributed by atoms with Gasteiger partial charge < -0.3 is 33.7 Å². The summed E-state index contributed by atoms with van der Waals surface area (Å²) in [4.78, 5) is 24.5. The lowest BCUT2D eigenvalue weighted by molar-refractivity contribution is -0.124. The summed E-state index contributed by atoms with van der Waals surface area (Å²) in [6.07, 6.45) is 0. The van der Waals surface area contributed by atoms with Crippen molar-refractivity contribution in [2.75, 3.05) is 42.2 Å². The van der Waals surface area contributed by atoms with Gasteiger partial charge in [0.25, 0.3) is 5.91 Å². The van der Waals surface area contributed by atoms with E-state index < -0.39 is 18.5 Å². The average molecular weight is 419 g/mol. The molecule has 0 fully saturated rings. The minimum atomic E-state index is -0.728. The third-order valence-electron chi connectivity index (χ3n) is 4.20. The van der Waals surface area contributed by atoms with Crippen LogP contribution in [0, 0.1) is 0 Å². The lowest BCUT2D eigenvalue weighted by Crippen LogP contribution is -2.28. The number of rotatable bonds is 10. The Morgan fingerprint density at radius 2 is 1.40 bits per heavy atom. The van der Waals surface area contributed by atoms with Gasteiger partial charge in [0, 0.05) is 6.54 Å². The molecule has 1 amide bonds. The number of hydrogen-bond donors (Lipinski definition) is 1. The zero-order valence-corrected chi connectivity index (χ0v) is 17.6. The fraction of sp³-hybridized carbons (Fsp3) is 0.333. The molecule has 0 unspecified atom stereocenters. The van der Waals surface area contributed by atoms with Gasteiger partial charge in [-0.15, -0.1) is 0 Å². The van der Waals surface area contributed by atoms with Crippen molar-refractivity contribution in [1.29, 1.82) is 0 Å². The smallest absolute Gasteiger partial charge is 0.342 e. The van der Waals surface area contributed by atoms with E-state index in [1.165, 1.54) is 34.5 Å². The highest BCUT2D eigenvalue weighted by Gasteiger charge is 2.22. The Kier molecular flexibility index (Phi) is 8.16. The van der Waals surface area contributed by atoms with Crippen LogP contribution in [0.5, 0.6) is 28.7 Å². The van der Waals surface area contributed by atoms with Gasteiger partial charge in [-0.25, -0.2) is 4.79 Å². The molecule has 0 aliphatic rings. The van der Waals surface area contributed by atoms with Crippen molar-refractivity contribution in [3.05, 3.63) is 41.5 Å². The Labute approximate surface area is 174 Å². The molecule has 0 atom stereocenters. The molecule has 2 aromatic carbocycles. The van der Waals surface area contributed by atoms with Crippen LogP contribution in [0.25, 0.3) is 0 Å². The molecule has 9 nitrogen and oxygen atoms in total. The maximum Gasteiger partial charge on any atom is 0.342 e. The number of esters is 1. The molecular formula is C21H25NO8. The Bertz CT molecular complexity index is 897. The van der Waals surface area contributed by atoms with Crippen LogP contribution < -0.4 is 29.0 Å². The number of ether oxygens (including phenoxy) is 6. The van der Waals surface area contributed by atoms with E-state index >= 15 is 0 Å². The summed E-state index contributed by atoms with van der Waals surface area (Å²) in [6, 6.07) is 8.31. The molecule has 1 N–H and O–H groups in total. The predicted molar refractivity (Wildman–Crippen MR) is 108 cm³/mol. The maximum atomic E-state index is 12.4. The molecule has 2 rings (SSSR count). The molecule has 162 valence electrons. The van der Waals surface area contributed by atoms with Crippen molar-refractivity contribution < 1.29 is 38.0 Å². The first-order valence-electron chi connectivity index (χ1n) is 8.92. The third kappa shape index (κ3) is 5.25. The van der Waals surface area contributed by atoms with Crippen LogP contribution in [0.15, 0.2) is 30.3 Å². The molecule has 2 aromatic rings. The molecule has 0 radical (unpaired) electrons. The van der Waals surface area contributed by atoms with Crippen LogP contribution in [-0.4, -0.2) is 54.0 Å². The molecule has 0 saturated heterocycles. The van der Waals surface area contributed by atoms with Crippen molar-refractivity contribution in [2.45, 2.75) is 6.54 Å². The first kappa shape index (κ1) is 22.7. The minimum absolute atomic E-state index is 0.114. The third-order valence-corrected chi connectivity index (χ3v) is 4.20. The van der Waals surface area contributed by atoms with Crippen LogP contribution >= 0.6 is 0 Å². The lowest BCUT2D eigenvalue weighted by atomic mass is 10.1. The van der Waals surface area contributed by atoms with Crippen LogP contribution in [0.1, 0.15) is 15.9 Å². The molecule has 9 heteroatoms. The minimum Gasteiger partial charge on any atom is -0.493 e. The highest BCUT2D eigenvalue weighted by atomic mass is 16.5. The Hall–Kier alpha value is -3.62. The average Bonchev–Trinajstić information content (AvgIpc) is 2.79. The fourth-order valence-electron chi connectivity index (χ4n) is 2.71. The van der Waals surface area contributed by atoms with Gasteiger partial charge in [0.05, 0.1) is 35.5 Å². The summed E-state index contributed by atoms with van der Waals surface area (Å²) < 4.78 is 31.2. The van der Waals surface area contributed by atoms with Gasteiger partial charge in [0.15, 0.2) is 29.6 Å². The van der Waals surface area contributed by atoms with E-state index in [0.29, 0.717) is 17.2 Å². The number of carbonyl (C=O) groups excluding carboxylic acids is 2. The van der Waals surface area contributed by atoms with E-state index in [0.717, 1.165) is 5.56 Å². The molecule has 0 aliphatic carbocycles. The van der Waals surface area contributed by atoms with E-state index in [1.54, 1.807) is 31.4 Å². The van der Waals surface area contributed by atoms with Gasteiger partial charge in [-0.3, -0.25) is 4.79 Å². The molecule has 0 spiro atoms. The number of carbonyl (C=O) groups is 2.